The van der Waals surface area contributed by atoms with E-state index in [0.717, 1.165) is 12.8 Å². The second-order valence-electron chi connectivity index (χ2n) is 5.84. The van der Waals surface area contributed by atoms with E-state index in [4.69, 9.17) is 4.42 Å². The van der Waals surface area contributed by atoms with Crippen molar-refractivity contribution in [2.75, 3.05) is 6.54 Å². The van der Waals surface area contributed by atoms with E-state index < -0.39 is 5.97 Å². The van der Waals surface area contributed by atoms with Crippen LogP contribution in [0.1, 0.15) is 63.2 Å². The van der Waals surface area contributed by atoms with Gasteiger partial charge in [0.25, 0.3) is 5.91 Å². The quantitative estimate of drug-likeness (QED) is 0.906. The molecule has 1 amide bonds. The maximum Gasteiger partial charge on any atom is 0.339 e. The number of amides is 1. The van der Waals surface area contributed by atoms with Gasteiger partial charge in [0.05, 0.1) is 23.5 Å². The molecule has 2 aromatic heterocycles. The summed E-state index contributed by atoms with van der Waals surface area (Å²) in [4.78, 5) is 26.0. The number of rotatable bonds is 3. The van der Waals surface area contributed by atoms with E-state index in [1.165, 1.54) is 6.20 Å². The van der Waals surface area contributed by atoms with Gasteiger partial charge in [0.1, 0.15) is 17.1 Å². The molecule has 1 aliphatic heterocycles. The SMILES string of the molecule is Cc1cc(C(=O)N2CCCCC2c2[nH]ncc2C(=O)O)c(C)o1. The average Bonchev–Trinajstić information content (AvgIpc) is 3.13. The number of aromatic amines is 1. The van der Waals surface area contributed by atoms with Crippen molar-refractivity contribution in [2.45, 2.75) is 39.2 Å². The summed E-state index contributed by atoms with van der Waals surface area (Å²) in [7, 11) is 0. The third-order valence-electron chi connectivity index (χ3n) is 4.27. The first kappa shape index (κ1) is 15.3. The molecule has 1 unspecified atom stereocenters. The zero-order valence-corrected chi connectivity index (χ0v) is 13.1. The number of carboxylic acids is 1. The zero-order chi connectivity index (χ0) is 16.6. The molecular formula is C16H19N3O4. The third kappa shape index (κ3) is 2.74. The van der Waals surface area contributed by atoms with Crippen LogP contribution < -0.4 is 0 Å². The average molecular weight is 317 g/mol. The van der Waals surface area contributed by atoms with Gasteiger partial charge in [-0.05, 0) is 39.2 Å². The molecule has 0 aliphatic carbocycles. The number of furan rings is 1. The van der Waals surface area contributed by atoms with Gasteiger partial charge in [0.15, 0.2) is 0 Å². The summed E-state index contributed by atoms with van der Waals surface area (Å²) < 4.78 is 5.45. The number of likely N-dealkylation sites (tertiary alicyclic amines) is 1. The summed E-state index contributed by atoms with van der Waals surface area (Å²) in [5.41, 5.74) is 1.14. The molecule has 1 aliphatic rings. The van der Waals surface area contributed by atoms with E-state index >= 15 is 0 Å². The number of aromatic carboxylic acids is 1. The molecule has 23 heavy (non-hydrogen) atoms. The van der Waals surface area contributed by atoms with Crippen LogP contribution in [0.4, 0.5) is 0 Å². The Bertz CT molecular complexity index is 746. The Balaban J connectivity index is 1.96. The van der Waals surface area contributed by atoms with E-state index in [1.54, 1.807) is 24.8 Å². The van der Waals surface area contributed by atoms with Crippen LogP contribution in [0.3, 0.4) is 0 Å². The standard InChI is InChI=1S/C16H19N3O4/c1-9-7-11(10(2)23-9)15(20)19-6-4-3-5-13(19)14-12(16(21)22)8-17-18-14/h7-8,13H,3-6H2,1-2H3,(H,17,18)(H,21,22). The summed E-state index contributed by atoms with van der Waals surface area (Å²) >= 11 is 0. The van der Waals surface area contributed by atoms with Gasteiger partial charge >= 0.3 is 5.97 Å². The number of piperidine rings is 1. The van der Waals surface area contributed by atoms with E-state index in [2.05, 4.69) is 10.2 Å². The Morgan fingerprint density at radius 3 is 2.78 bits per heavy atom. The second-order valence-corrected chi connectivity index (χ2v) is 5.84. The lowest BCUT2D eigenvalue weighted by Crippen LogP contribution is -2.39. The molecule has 7 nitrogen and oxygen atoms in total. The number of nitrogens with one attached hydrogen (secondary N) is 1. The highest BCUT2D eigenvalue weighted by Crippen LogP contribution is 2.33. The van der Waals surface area contributed by atoms with Crippen LogP contribution in [-0.4, -0.2) is 38.6 Å². The summed E-state index contributed by atoms with van der Waals surface area (Å²) in [6.45, 7) is 4.15. The lowest BCUT2D eigenvalue weighted by Gasteiger charge is -2.35. The number of nitrogens with zero attached hydrogens (tertiary/aromatic N) is 2. The monoisotopic (exact) mass is 317 g/mol. The van der Waals surface area contributed by atoms with Crippen LogP contribution in [0.5, 0.6) is 0 Å². The van der Waals surface area contributed by atoms with Gasteiger partial charge in [-0.25, -0.2) is 4.79 Å². The smallest absolute Gasteiger partial charge is 0.339 e. The van der Waals surface area contributed by atoms with Crippen molar-refractivity contribution in [3.8, 4) is 0 Å². The molecule has 1 saturated heterocycles. The molecule has 3 heterocycles. The number of hydrogen-bond donors (Lipinski definition) is 2. The van der Waals surface area contributed by atoms with E-state index in [0.29, 0.717) is 35.7 Å². The minimum Gasteiger partial charge on any atom is -0.478 e. The Kier molecular flexibility index (Phi) is 3.94. The van der Waals surface area contributed by atoms with Crippen LogP contribution in [0.2, 0.25) is 0 Å². The first-order valence-electron chi connectivity index (χ1n) is 7.63. The highest BCUT2D eigenvalue weighted by atomic mass is 16.4. The molecule has 2 aromatic rings. The topological polar surface area (TPSA) is 99.4 Å². The van der Waals surface area contributed by atoms with Gasteiger partial charge in [-0.2, -0.15) is 5.10 Å². The fourth-order valence-electron chi connectivity index (χ4n) is 3.19. The molecule has 0 bridgehead atoms. The molecule has 7 heteroatoms. The zero-order valence-electron chi connectivity index (χ0n) is 13.1. The molecule has 1 fully saturated rings. The van der Waals surface area contributed by atoms with E-state index in [9.17, 15) is 14.7 Å². The van der Waals surface area contributed by atoms with Crippen LogP contribution in [0.15, 0.2) is 16.7 Å². The second kappa shape index (κ2) is 5.91. The number of carboxylic acid groups (broad SMARTS) is 1. The Morgan fingerprint density at radius 2 is 2.13 bits per heavy atom. The predicted molar refractivity (Wildman–Crippen MR) is 81.4 cm³/mol. The number of hydrogen-bond acceptors (Lipinski definition) is 4. The Hall–Kier alpha value is -2.57. The van der Waals surface area contributed by atoms with Crippen molar-refractivity contribution in [3.05, 3.63) is 40.6 Å². The summed E-state index contributed by atoms with van der Waals surface area (Å²) in [6.07, 6.45) is 3.84. The summed E-state index contributed by atoms with van der Waals surface area (Å²) in [5.74, 6) is 0.101. The fourth-order valence-corrected chi connectivity index (χ4v) is 3.19. The predicted octanol–water partition coefficient (Wildman–Crippen LogP) is 2.69. The number of carbonyl (C=O) groups excluding carboxylic acids is 1. The number of aryl methyl sites for hydroxylation is 2. The van der Waals surface area contributed by atoms with Gasteiger partial charge in [0.2, 0.25) is 0 Å². The molecule has 0 radical (unpaired) electrons. The van der Waals surface area contributed by atoms with Crippen LogP contribution in [-0.2, 0) is 0 Å². The van der Waals surface area contributed by atoms with Gasteiger partial charge in [-0.15, -0.1) is 0 Å². The lowest BCUT2D eigenvalue weighted by atomic mass is 9.96. The van der Waals surface area contributed by atoms with Crippen LogP contribution >= 0.6 is 0 Å². The molecule has 0 saturated carbocycles. The van der Waals surface area contributed by atoms with Crippen molar-refractivity contribution in [1.82, 2.24) is 15.1 Å². The maximum atomic E-state index is 12.9. The number of aromatic nitrogens is 2. The van der Waals surface area contributed by atoms with Crippen LogP contribution in [0, 0.1) is 13.8 Å². The largest absolute Gasteiger partial charge is 0.478 e. The maximum absolute atomic E-state index is 12.9. The van der Waals surface area contributed by atoms with Crippen molar-refractivity contribution in [3.63, 3.8) is 0 Å². The first-order chi connectivity index (χ1) is 11.0. The van der Waals surface area contributed by atoms with Crippen LogP contribution in [0.25, 0.3) is 0 Å². The third-order valence-corrected chi connectivity index (χ3v) is 4.27. The molecule has 2 N–H and O–H groups in total. The molecule has 1 atom stereocenters. The molecular weight excluding hydrogens is 298 g/mol. The molecule has 0 spiro atoms. The Labute approximate surface area is 133 Å². The van der Waals surface area contributed by atoms with Gasteiger partial charge in [-0.3, -0.25) is 9.89 Å². The minimum absolute atomic E-state index is 0.120. The highest BCUT2D eigenvalue weighted by Gasteiger charge is 2.33. The summed E-state index contributed by atoms with van der Waals surface area (Å²) in [6, 6.07) is 1.42. The van der Waals surface area contributed by atoms with Crippen molar-refractivity contribution >= 4 is 11.9 Å². The van der Waals surface area contributed by atoms with Gasteiger partial charge in [0, 0.05) is 6.54 Å². The van der Waals surface area contributed by atoms with Crippen molar-refractivity contribution < 1.29 is 19.1 Å². The van der Waals surface area contributed by atoms with E-state index in [-0.39, 0.29) is 17.5 Å². The lowest BCUT2D eigenvalue weighted by molar-refractivity contribution is 0.0588. The minimum atomic E-state index is -1.04. The Morgan fingerprint density at radius 1 is 1.35 bits per heavy atom. The highest BCUT2D eigenvalue weighted by molar-refractivity contribution is 5.96. The molecule has 122 valence electrons. The van der Waals surface area contributed by atoms with Gasteiger partial charge < -0.3 is 14.4 Å². The molecule has 0 aromatic carbocycles. The number of H-pyrrole nitrogens is 1. The van der Waals surface area contributed by atoms with Crippen molar-refractivity contribution in [2.24, 2.45) is 0 Å². The number of carbonyl (C=O) groups is 2. The van der Waals surface area contributed by atoms with Gasteiger partial charge in [-0.1, -0.05) is 0 Å². The first-order valence-corrected chi connectivity index (χ1v) is 7.63. The van der Waals surface area contributed by atoms with Crippen molar-refractivity contribution in [1.29, 1.82) is 0 Å². The summed E-state index contributed by atoms with van der Waals surface area (Å²) in [5, 5.41) is 15.9. The normalized spacial score (nSPS) is 18.2. The molecule has 3 rings (SSSR count). The van der Waals surface area contributed by atoms with E-state index in [1.807, 2.05) is 0 Å². The fraction of sp³-hybridized carbons (Fsp3) is 0.438.